The van der Waals surface area contributed by atoms with Gasteiger partial charge in [-0.15, -0.1) is 11.3 Å². The van der Waals surface area contributed by atoms with Crippen LogP contribution >= 0.6 is 11.3 Å². The van der Waals surface area contributed by atoms with Gasteiger partial charge in [0, 0.05) is 17.5 Å². The second-order valence-electron chi connectivity index (χ2n) is 11.6. The number of phenolic OH excluding ortho intramolecular Hbond substituents is 1. The highest BCUT2D eigenvalue weighted by Gasteiger charge is 2.64. The summed E-state index contributed by atoms with van der Waals surface area (Å²) in [5.41, 5.74) is 1.94. The molecule has 1 aromatic carbocycles. The van der Waals surface area contributed by atoms with Crippen molar-refractivity contribution < 1.29 is 15.0 Å². The topological polar surface area (TPSA) is 82.5 Å². The number of rotatable bonds is 7. The summed E-state index contributed by atoms with van der Waals surface area (Å²) in [6, 6.07) is 5.93. The molecule has 5 rings (SSSR count). The van der Waals surface area contributed by atoms with Crippen LogP contribution in [0.5, 0.6) is 5.75 Å². The van der Waals surface area contributed by atoms with Gasteiger partial charge in [0.1, 0.15) is 5.75 Å². The molecule has 5 nitrogen and oxygen atoms in total. The molecule has 6 heteroatoms. The number of nitrogens with zero attached hydrogens (tertiary/aromatic N) is 1. The Hall–Kier alpha value is -1.92. The molecule has 0 spiro atoms. The van der Waals surface area contributed by atoms with Crippen molar-refractivity contribution in [2.45, 2.75) is 96.5 Å². The van der Waals surface area contributed by atoms with Gasteiger partial charge in [-0.3, -0.25) is 4.79 Å². The van der Waals surface area contributed by atoms with E-state index in [2.05, 4.69) is 30.2 Å². The van der Waals surface area contributed by atoms with Crippen LogP contribution in [0.1, 0.15) is 93.6 Å². The van der Waals surface area contributed by atoms with E-state index >= 15 is 0 Å². The summed E-state index contributed by atoms with van der Waals surface area (Å²) in [5, 5.41) is 25.8. The van der Waals surface area contributed by atoms with Crippen LogP contribution in [0.3, 0.4) is 0 Å². The number of amides is 1. The first-order valence-electron chi connectivity index (χ1n) is 13.5. The number of anilines is 1. The van der Waals surface area contributed by atoms with Crippen LogP contribution in [-0.2, 0) is 11.2 Å². The molecule has 2 saturated carbocycles. The standard InChI is InChI=1S/C29H40N2O3S/c1-4-5-13-29(34)16-20(7-11-25(33)31-27-30-17-18(2)35-27)26-24-9-6-19-15-21(32)8-10-22(19)23(24)12-14-28(26,29)3/h8,10,15,17,20,23-24,26,32,34H,4-7,9,11-14,16H2,1-3H3,(H,30,31,33)/t20-,23?,24?,26?,28+,29+/m1/s1. The first-order valence-corrected chi connectivity index (χ1v) is 14.3. The number of hydrogen-bond donors (Lipinski definition) is 3. The van der Waals surface area contributed by atoms with Gasteiger partial charge in [-0.1, -0.05) is 32.8 Å². The molecule has 3 N–H and O–H groups in total. The van der Waals surface area contributed by atoms with E-state index in [1.54, 1.807) is 6.20 Å². The first kappa shape index (κ1) is 24.8. The number of aromatic nitrogens is 1. The van der Waals surface area contributed by atoms with Crippen LogP contribution in [0.2, 0.25) is 0 Å². The lowest BCUT2D eigenvalue weighted by Crippen LogP contribution is -2.51. The number of aromatic hydroxyl groups is 1. The van der Waals surface area contributed by atoms with Crippen molar-refractivity contribution in [1.82, 2.24) is 4.98 Å². The fourth-order valence-corrected chi connectivity index (χ4v) is 8.75. The lowest BCUT2D eigenvalue weighted by molar-refractivity contribution is -0.116. The number of aryl methyl sites for hydroxylation is 2. The third-order valence-electron chi connectivity index (χ3n) is 9.69. The number of phenols is 1. The summed E-state index contributed by atoms with van der Waals surface area (Å²) < 4.78 is 0. The van der Waals surface area contributed by atoms with E-state index in [4.69, 9.17) is 0 Å². The molecule has 0 aliphatic heterocycles. The van der Waals surface area contributed by atoms with Gasteiger partial charge in [0.25, 0.3) is 0 Å². The smallest absolute Gasteiger partial charge is 0.226 e. The number of unbranched alkanes of at least 4 members (excludes halogenated alkanes) is 1. The van der Waals surface area contributed by atoms with Gasteiger partial charge >= 0.3 is 0 Å². The van der Waals surface area contributed by atoms with E-state index in [0.717, 1.165) is 62.7 Å². The highest BCUT2D eigenvalue weighted by molar-refractivity contribution is 7.15. The van der Waals surface area contributed by atoms with Gasteiger partial charge in [0.05, 0.1) is 5.60 Å². The Morgan fingerprint density at radius 3 is 2.89 bits per heavy atom. The summed E-state index contributed by atoms with van der Waals surface area (Å²) in [7, 11) is 0. The predicted octanol–water partition coefficient (Wildman–Crippen LogP) is 6.58. The van der Waals surface area contributed by atoms with Crippen molar-refractivity contribution in [3.05, 3.63) is 40.4 Å². The number of carbonyl (C=O) groups is 1. The van der Waals surface area contributed by atoms with E-state index in [9.17, 15) is 15.0 Å². The first-order chi connectivity index (χ1) is 16.7. The highest BCUT2D eigenvalue weighted by Crippen LogP contribution is 2.67. The van der Waals surface area contributed by atoms with Gasteiger partial charge in [-0.2, -0.15) is 0 Å². The molecule has 3 aliphatic rings. The second-order valence-corrected chi connectivity index (χ2v) is 12.9. The number of hydrogen-bond acceptors (Lipinski definition) is 5. The molecule has 6 atom stereocenters. The van der Waals surface area contributed by atoms with Crippen molar-refractivity contribution in [2.75, 3.05) is 5.32 Å². The average molecular weight is 497 g/mol. The van der Waals surface area contributed by atoms with Crippen molar-refractivity contribution >= 4 is 22.4 Å². The second kappa shape index (κ2) is 9.51. The molecule has 0 radical (unpaired) electrons. The van der Waals surface area contributed by atoms with Crippen LogP contribution in [-0.4, -0.2) is 26.7 Å². The maximum absolute atomic E-state index is 12.8. The molecular weight excluding hydrogens is 456 g/mol. The Labute approximate surface area is 213 Å². The van der Waals surface area contributed by atoms with Crippen LogP contribution in [0, 0.1) is 30.1 Å². The fourth-order valence-electron chi connectivity index (χ4n) is 8.07. The monoisotopic (exact) mass is 496 g/mol. The summed E-state index contributed by atoms with van der Waals surface area (Å²) in [4.78, 5) is 18.2. The molecule has 1 heterocycles. The Bertz CT molecular complexity index is 1080. The van der Waals surface area contributed by atoms with Crippen LogP contribution in [0.25, 0.3) is 0 Å². The predicted molar refractivity (Wildman–Crippen MR) is 141 cm³/mol. The van der Waals surface area contributed by atoms with E-state index in [1.165, 1.54) is 22.5 Å². The minimum atomic E-state index is -0.651. The molecule has 3 aliphatic carbocycles. The molecule has 0 saturated heterocycles. The van der Waals surface area contributed by atoms with Crippen LogP contribution < -0.4 is 5.32 Å². The third-order valence-corrected chi connectivity index (χ3v) is 10.5. The maximum Gasteiger partial charge on any atom is 0.226 e. The lowest BCUT2D eigenvalue weighted by Gasteiger charge is -2.54. The van der Waals surface area contributed by atoms with E-state index in [0.29, 0.717) is 41.0 Å². The van der Waals surface area contributed by atoms with E-state index in [-0.39, 0.29) is 11.3 Å². The molecule has 2 aromatic rings. The normalized spacial score (nSPS) is 33.6. The zero-order valence-electron chi connectivity index (χ0n) is 21.3. The van der Waals surface area contributed by atoms with Gasteiger partial charge in [-0.25, -0.2) is 4.98 Å². The minimum absolute atomic E-state index is 0.0295. The van der Waals surface area contributed by atoms with Gasteiger partial charge in [0.15, 0.2) is 5.13 Å². The maximum atomic E-state index is 12.8. The van der Waals surface area contributed by atoms with E-state index < -0.39 is 5.60 Å². The minimum Gasteiger partial charge on any atom is -0.508 e. The summed E-state index contributed by atoms with van der Waals surface area (Å²) in [6.07, 6.45) is 11.1. The van der Waals surface area contributed by atoms with Gasteiger partial charge in [-0.05, 0) is 104 Å². The van der Waals surface area contributed by atoms with Crippen molar-refractivity contribution in [3.8, 4) is 5.75 Å². The lowest BCUT2D eigenvalue weighted by atomic mass is 9.51. The Morgan fingerprint density at radius 2 is 2.14 bits per heavy atom. The van der Waals surface area contributed by atoms with Gasteiger partial charge in [0.2, 0.25) is 5.91 Å². The third kappa shape index (κ3) is 4.42. The molecule has 190 valence electrons. The molecule has 1 amide bonds. The van der Waals surface area contributed by atoms with E-state index in [1.807, 2.05) is 19.1 Å². The van der Waals surface area contributed by atoms with Crippen molar-refractivity contribution in [3.63, 3.8) is 0 Å². The van der Waals surface area contributed by atoms with Crippen molar-refractivity contribution in [1.29, 1.82) is 0 Å². The highest BCUT2D eigenvalue weighted by atomic mass is 32.1. The zero-order valence-corrected chi connectivity index (χ0v) is 22.2. The number of aliphatic hydroxyl groups is 1. The molecular formula is C29H40N2O3S. The van der Waals surface area contributed by atoms with Gasteiger partial charge < -0.3 is 15.5 Å². The number of nitrogens with one attached hydrogen (secondary N) is 1. The van der Waals surface area contributed by atoms with Crippen LogP contribution in [0.15, 0.2) is 24.4 Å². The number of benzene rings is 1. The molecule has 3 unspecified atom stereocenters. The summed E-state index contributed by atoms with van der Waals surface area (Å²) in [6.45, 7) is 6.55. The molecule has 0 bridgehead atoms. The van der Waals surface area contributed by atoms with Crippen LogP contribution in [0.4, 0.5) is 5.13 Å². The quantitative estimate of drug-likeness (QED) is 0.404. The average Bonchev–Trinajstić information content (AvgIpc) is 3.33. The number of thiazole rings is 1. The Morgan fingerprint density at radius 1 is 1.31 bits per heavy atom. The Kier molecular flexibility index (Phi) is 6.73. The molecule has 2 fully saturated rings. The van der Waals surface area contributed by atoms with Crippen molar-refractivity contribution in [2.24, 2.45) is 23.2 Å². The SMILES string of the molecule is CCCC[C@]1(O)C[C@@H](CCC(=O)Nc2ncc(C)s2)C2C3CCc4cc(O)ccc4C3CC[C@@]21C. The summed E-state index contributed by atoms with van der Waals surface area (Å²) in [5.74, 6) is 2.16. The molecule has 35 heavy (non-hydrogen) atoms. The zero-order chi connectivity index (χ0) is 24.8. The number of carbonyl (C=O) groups excluding carboxylic acids is 1. The fraction of sp³-hybridized carbons (Fsp3) is 0.655. The summed E-state index contributed by atoms with van der Waals surface area (Å²) >= 11 is 1.51. The number of fused-ring (bicyclic) bond motifs is 5. The largest absolute Gasteiger partial charge is 0.508 e. The molecule has 1 aromatic heterocycles. The Balaban J connectivity index is 1.39.